The lowest BCUT2D eigenvalue weighted by Gasteiger charge is -2.51. The van der Waals surface area contributed by atoms with E-state index in [0.29, 0.717) is 25.1 Å². The molecule has 1 atom stereocenters. The Morgan fingerprint density at radius 1 is 1.31 bits per heavy atom. The minimum atomic E-state index is -0.464. The normalized spacial score (nSPS) is 22.8. The fraction of sp³-hybridized carbons (Fsp3) is 0.591. The van der Waals surface area contributed by atoms with E-state index in [-0.39, 0.29) is 24.5 Å². The Morgan fingerprint density at radius 3 is 2.59 bits per heavy atom. The third kappa shape index (κ3) is 5.23. The summed E-state index contributed by atoms with van der Waals surface area (Å²) in [5.41, 5.74) is 1.56. The van der Waals surface area contributed by atoms with Crippen LogP contribution in [0.3, 0.4) is 0 Å². The maximum atomic E-state index is 12.5. The van der Waals surface area contributed by atoms with E-state index in [1.165, 1.54) is 10.6 Å². The Hall–Kier alpha value is -1.78. The van der Waals surface area contributed by atoms with E-state index in [9.17, 15) is 10.0 Å². The summed E-state index contributed by atoms with van der Waals surface area (Å²) < 4.78 is 5.56. The summed E-state index contributed by atoms with van der Waals surface area (Å²) in [6.07, 6.45) is 8.16. The van der Waals surface area contributed by atoms with Gasteiger partial charge in [-0.15, -0.1) is 18.8 Å². The van der Waals surface area contributed by atoms with E-state index in [1.54, 1.807) is 0 Å². The lowest BCUT2D eigenvalue weighted by Crippen LogP contribution is -2.63. The van der Waals surface area contributed by atoms with Crippen LogP contribution in [0.4, 0.5) is 4.79 Å². The first-order valence-electron chi connectivity index (χ1n) is 9.89. The summed E-state index contributed by atoms with van der Waals surface area (Å²) in [5, 5.41) is 18.1. The zero-order valence-corrected chi connectivity index (χ0v) is 18.4. The van der Waals surface area contributed by atoms with Crippen LogP contribution in [0.15, 0.2) is 18.2 Å². The molecule has 0 aromatic heterocycles. The third-order valence-corrected chi connectivity index (χ3v) is 5.82. The highest BCUT2D eigenvalue weighted by molar-refractivity contribution is 5.85. The van der Waals surface area contributed by atoms with Crippen molar-refractivity contribution in [3.8, 4) is 18.1 Å². The van der Waals surface area contributed by atoms with Crippen LogP contribution in [0.5, 0.6) is 5.75 Å². The molecule has 1 heterocycles. The number of nitrogens with one attached hydrogen (secondary N) is 2. The summed E-state index contributed by atoms with van der Waals surface area (Å²) in [4.78, 5) is 12.5. The van der Waals surface area contributed by atoms with Crippen LogP contribution >= 0.6 is 12.4 Å². The molecule has 1 aromatic rings. The Balaban J connectivity index is 0.00000300. The first kappa shape index (κ1) is 23.5. The Labute approximate surface area is 179 Å². The van der Waals surface area contributed by atoms with E-state index >= 15 is 0 Å². The molecule has 2 aliphatic rings. The van der Waals surface area contributed by atoms with Gasteiger partial charge < -0.3 is 15.3 Å². The van der Waals surface area contributed by atoms with Gasteiger partial charge in [0, 0.05) is 23.2 Å². The molecule has 0 unspecified atom stereocenters. The van der Waals surface area contributed by atoms with Gasteiger partial charge in [-0.1, -0.05) is 12.0 Å². The van der Waals surface area contributed by atoms with Crippen molar-refractivity contribution < 1.29 is 14.7 Å². The number of fused-ring (bicyclic) bond motifs is 1. The molecule has 29 heavy (non-hydrogen) atoms. The highest BCUT2D eigenvalue weighted by Crippen LogP contribution is 2.37. The maximum absolute atomic E-state index is 12.5. The SMILES string of the molecule is C#CCN[C@@H]1CCc2ccc(OC(=O)NC3CC(C)(C)N(O)C(C)(C)C3)cc21.Cl. The molecule has 6 nitrogen and oxygen atoms in total. The summed E-state index contributed by atoms with van der Waals surface area (Å²) in [7, 11) is 0. The van der Waals surface area contributed by atoms with Gasteiger partial charge in [-0.05, 0) is 76.6 Å². The van der Waals surface area contributed by atoms with Crippen molar-refractivity contribution in [3.63, 3.8) is 0 Å². The lowest BCUT2D eigenvalue weighted by molar-refractivity contribution is -0.245. The molecule has 0 radical (unpaired) electrons. The summed E-state index contributed by atoms with van der Waals surface area (Å²) in [5.74, 6) is 3.14. The molecule has 3 N–H and O–H groups in total. The maximum Gasteiger partial charge on any atom is 0.412 e. The van der Waals surface area contributed by atoms with Gasteiger partial charge in [0.1, 0.15) is 5.75 Å². The number of hydroxylamine groups is 2. The number of rotatable bonds is 4. The number of nitrogens with zero attached hydrogens (tertiary/aromatic N) is 1. The van der Waals surface area contributed by atoms with Crippen LogP contribution in [-0.4, -0.2) is 40.0 Å². The van der Waals surface area contributed by atoms with Crippen LogP contribution in [0, 0.1) is 12.3 Å². The quantitative estimate of drug-likeness (QED) is 0.644. The highest BCUT2D eigenvalue weighted by Gasteiger charge is 2.45. The molecule has 160 valence electrons. The van der Waals surface area contributed by atoms with E-state index < -0.39 is 17.2 Å². The van der Waals surface area contributed by atoms with E-state index in [2.05, 4.69) is 16.6 Å². The van der Waals surface area contributed by atoms with Crippen molar-refractivity contribution in [3.05, 3.63) is 29.3 Å². The largest absolute Gasteiger partial charge is 0.412 e. The standard InChI is InChI=1S/C22H31N3O3.ClH/c1-6-11-23-19-10-8-15-7-9-17(12-18(15)19)28-20(26)24-16-13-21(2,3)25(27)22(4,5)14-16;/h1,7,9,12,16,19,23,27H,8,10-11,13-14H2,2-5H3,(H,24,26);1H/t19-;/m1./s1. The number of piperidine rings is 1. The van der Waals surface area contributed by atoms with Crippen LogP contribution in [-0.2, 0) is 6.42 Å². The molecule has 0 saturated carbocycles. The topological polar surface area (TPSA) is 73.8 Å². The zero-order valence-electron chi connectivity index (χ0n) is 17.6. The number of carbonyl (C=O) groups is 1. The highest BCUT2D eigenvalue weighted by atomic mass is 35.5. The molecule has 3 rings (SSSR count). The number of aryl methyl sites for hydroxylation is 1. The van der Waals surface area contributed by atoms with Crippen LogP contribution in [0.2, 0.25) is 0 Å². The fourth-order valence-electron chi connectivity index (χ4n) is 4.71. The Morgan fingerprint density at radius 2 is 1.97 bits per heavy atom. The second-order valence-electron chi connectivity index (χ2n) is 9.11. The van der Waals surface area contributed by atoms with Crippen molar-refractivity contribution in [2.45, 2.75) is 76.5 Å². The number of carbonyl (C=O) groups excluding carboxylic acids is 1. The number of hydrogen-bond acceptors (Lipinski definition) is 5. The smallest absolute Gasteiger partial charge is 0.410 e. The van der Waals surface area contributed by atoms with Gasteiger partial charge in [-0.2, -0.15) is 5.06 Å². The van der Waals surface area contributed by atoms with Crippen molar-refractivity contribution in [1.29, 1.82) is 0 Å². The zero-order chi connectivity index (χ0) is 20.5. The predicted octanol–water partition coefficient (Wildman–Crippen LogP) is 3.82. The summed E-state index contributed by atoms with van der Waals surface area (Å²) in [6, 6.07) is 5.92. The number of benzene rings is 1. The minimum Gasteiger partial charge on any atom is -0.410 e. The second kappa shape index (κ2) is 8.93. The van der Waals surface area contributed by atoms with E-state index in [4.69, 9.17) is 11.2 Å². The van der Waals surface area contributed by atoms with Gasteiger partial charge >= 0.3 is 6.09 Å². The predicted molar refractivity (Wildman–Crippen MR) is 116 cm³/mol. The molecular weight excluding hydrogens is 390 g/mol. The molecular formula is C22H32ClN3O3. The lowest BCUT2D eigenvalue weighted by atomic mass is 9.79. The number of terminal acetylenes is 1. The molecule has 7 heteroatoms. The van der Waals surface area contributed by atoms with Gasteiger partial charge in [0.2, 0.25) is 0 Å². The van der Waals surface area contributed by atoms with Crippen molar-refractivity contribution in [2.24, 2.45) is 0 Å². The molecule has 1 saturated heterocycles. The monoisotopic (exact) mass is 421 g/mol. The molecule has 1 aromatic carbocycles. The second-order valence-corrected chi connectivity index (χ2v) is 9.11. The molecule has 1 aliphatic heterocycles. The fourth-order valence-corrected chi connectivity index (χ4v) is 4.71. The van der Waals surface area contributed by atoms with Gasteiger partial charge in [0.25, 0.3) is 0 Å². The van der Waals surface area contributed by atoms with Gasteiger partial charge in [-0.3, -0.25) is 5.32 Å². The first-order valence-corrected chi connectivity index (χ1v) is 9.89. The van der Waals surface area contributed by atoms with Gasteiger partial charge in [0.05, 0.1) is 6.54 Å². The summed E-state index contributed by atoms with van der Waals surface area (Å²) in [6.45, 7) is 8.40. The number of hydrogen-bond donors (Lipinski definition) is 3. The Kier molecular flexibility index (Phi) is 7.23. The number of amides is 1. The Bertz CT molecular complexity index is 770. The van der Waals surface area contributed by atoms with Crippen LogP contribution < -0.4 is 15.4 Å². The third-order valence-electron chi connectivity index (χ3n) is 5.82. The first-order chi connectivity index (χ1) is 13.1. The van der Waals surface area contributed by atoms with E-state index in [0.717, 1.165) is 18.4 Å². The minimum absolute atomic E-state index is 0. The molecule has 1 fully saturated rings. The molecule has 1 amide bonds. The van der Waals surface area contributed by atoms with Crippen LogP contribution in [0.1, 0.15) is 64.1 Å². The number of ether oxygens (including phenoxy) is 1. The number of halogens is 1. The molecule has 0 spiro atoms. The molecule has 1 aliphatic carbocycles. The molecule has 0 bridgehead atoms. The van der Waals surface area contributed by atoms with Crippen LogP contribution in [0.25, 0.3) is 0 Å². The van der Waals surface area contributed by atoms with Crippen molar-refractivity contribution in [1.82, 2.24) is 15.7 Å². The summed E-state index contributed by atoms with van der Waals surface area (Å²) >= 11 is 0. The van der Waals surface area contributed by atoms with Gasteiger partial charge in [-0.25, -0.2) is 4.79 Å². The van der Waals surface area contributed by atoms with Crippen molar-refractivity contribution in [2.75, 3.05) is 6.54 Å². The van der Waals surface area contributed by atoms with E-state index in [1.807, 2.05) is 45.9 Å². The average molecular weight is 422 g/mol. The van der Waals surface area contributed by atoms with Gasteiger partial charge in [0.15, 0.2) is 0 Å². The average Bonchev–Trinajstić information content (AvgIpc) is 2.99. The van der Waals surface area contributed by atoms with Crippen molar-refractivity contribution >= 4 is 18.5 Å².